The summed E-state index contributed by atoms with van der Waals surface area (Å²) in [6.45, 7) is 5.34. The Balaban J connectivity index is 1.66. The Hall–Kier alpha value is -2.69. The first kappa shape index (κ1) is 19.1. The molecule has 0 bridgehead atoms. The SMILES string of the molecule is CCNC(=NCc1cccc(OC)c1O)N1CCC(Cc2ccccc2)C1. The zero-order chi connectivity index (χ0) is 19.1. The Morgan fingerprint density at radius 1 is 1.22 bits per heavy atom. The molecule has 1 atom stereocenters. The van der Waals surface area contributed by atoms with E-state index in [1.807, 2.05) is 12.1 Å². The molecule has 144 valence electrons. The smallest absolute Gasteiger partial charge is 0.194 e. The number of aliphatic imine (C=N–C) groups is 1. The molecule has 1 unspecified atom stereocenters. The molecule has 2 N–H and O–H groups in total. The van der Waals surface area contributed by atoms with E-state index in [-0.39, 0.29) is 5.75 Å². The van der Waals surface area contributed by atoms with Crippen LogP contribution in [0.15, 0.2) is 53.5 Å². The van der Waals surface area contributed by atoms with Gasteiger partial charge in [0.05, 0.1) is 13.7 Å². The Kier molecular flexibility index (Phi) is 6.58. The number of benzene rings is 2. The van der Waals surface area contributed by atoms with E-state index in [2.05, 4.69) is 47.5 Å². The van der Waals surface area contributed by atoms with Crippen LogP contribution in [0.25, 0.3) is 0 Å². The van der Waals surface area contributed by atoms with Crippen LogP contribution in [0.1, 0.15) is 24.5 Å². The predicted molar refractivity (Wildman–Crippen MR) is 109 cm³/mol. The van der Waals surface area contributed by atoms with Gasteiger partial charge in [-0.3, -0.25) is 0 Å². The predicted octanol–water partition coefficient (Wildman–Crippen LogP) is 3.43. The molecule has 1 fully saturated rings. The lowest BCUT2D eigenvalue weighted by Gasteiger charge is -2.22. The highest BCUT2D eigenvalue weighted by molar-refractivity contribution is 5.80. The highest BCUT2D eigenvalue weighted by Crippen LogP contribution is 2.30. The lowest BCUT2D eigenvalue weighted by Crippen LogP contribution is -2.40. The van der Waals surface area contributed by atoms with Gasteiger partial charge in [0.1, 0.15) is 0 Å². The number of methoxy groups -OCH3 is 1. The van der Waals surface area contributed by atoms with Crippen LogP contribution < -0.4 is 10.1 Å². The molecule has 1 heterocycles. The van der Waals surface area contributed by atoms with Crippen molar-refractivity contribution >= 4 is 5.96 Å². The van der Waals surface area contributed by atoms with Crippen LogP contribution in [-0.4, -0.2) is 42.7 Å². The normalized spacial score (nSPS) is 17.2. The summed E-state index contributed by atoms with van der Waals surface area (Å²) < 4.78 is 5.19. The van der Waals surface area contributed by atoms with Crippen molar-refractivity contribution in [2.24, 2.45) is 10.9 Å². The topological polar surface area (TPSA) is 57.1 Å². The molecule has 0 spiro atoms. The molecule has 5 heteroatoms. The van der Waals surface area contributed by atoms with Crippen LogP contribution in [0.2, 0.25) is 0 Å². The van der Waals surface area contributed by atoms with Gasteiger partial charge >= 0.3 is 0 Å². The zero-order valence-electron chi connectivity index (χ0n) is 16.2. The van der Waals surface area contributed by atoms with Crippen molar-refractivity contribution in [3.8, 4) is 11.5 Å². The summed E-state index contributed by atoms with van der Waals surface area (Å²) in [5, 5.41) is 13.7. The van der Waals surface area contributed by atoms with E-state index in [1.165, 1.54) is 12.0 Å². The molecular formula is C22H29N3O2. The van der Waals surface area contributed by atoms with Crippen molar-refractivity contribution in [3.05, 3.63) is 59.7 Å². The highest BCUT2D eigenvalue weighted by Gasteiger charge is 2.25. The summed E-state index contributed by atoms with van der Waals surface area (Å²) in [6, 6.07) is 16.2. The van der Waals surface area contributed by atoms with Gasteiger partial charge in [0.25, 0.3) is 0 Å². The van der Waals surface area contributed by atoms with E-state index in [0.717, 1.165) is 37.6 Å². The minimum atomic E-state index is 0.169. The fraction of sp³-hybridized carbons (Fsp3) is 0.409. The molecule has 0 radical (unpaired) electrons. The van der Waals surface area contributed by atoms with E-state index in [4.69, 9.17) is 9.73 Å². The van der Waals surface area contributed by atoms with Gasteiger partial charge in [0.15, 0.2) is 17.5 Å². The second kappa shape index (κ2) is 9.31. The number of nitrogens with zero attached hydrogens (tertiary/aromatic N) is 2. The van der Waals surface area contributed by atoms with Crippen molar-refractivity contribution in [2.45, 2.75) is 26.3 Å². The number of likely N-dealkylation sites (tertiary alicyclic amines) is 1. The number of rotatable bonds is 6. The molecular weight excluding hydrogens is 338 g/mol. The molecule has 2 aromatic rings. The lowest BCUT2D eigenvalue weighted by molar-refractivity contribution is 0.370. The molecule has 27 heavy (non-hydrogen) atoms. The van der Waals surface area contributed by atoms with Crippen LogP contribution in [0.5, 0.6) is 11.5 Å². The van der Waals surface area contributed by atoms with Crippen LogP contribution in [-0.2, 0) is 13.0 Å². The van der Waals surface area contributed by atoms with Crippen molar-refractivity contribution in [1.82, 2.24) is 10.2 Å². The molecule has 0 aromatic heterocycles. The van der Waals surface area contributed by atoms with Crippen LogP contribution in [0.4, 0.5) is 0 Å². The van der Waals surface area contributed by atoms with E-state index in [9.17, 15) is 5.11 Å². The first-order valence-electron chi connectivity index (χ1n) is 9.63. The second-order valence-corrected chi connectivity index (χ2v) is 6.93. The lowest BCUT2D eigenvalue weighted by atomic mass is 9.99. The maximum Gasteiger partial charge on any atom is 0.194 e. The Labute approximate surface area is 161 Å². The number of aromatic hydroxyl groups is 1. The maximum atomic E-state index is 10.3. The Morgan fingerprint density at radius 3 is 2.78 bits per heavy atom. The molecule has 1 aliphatic heterocycles. The number of guanidine groups is 1. The molecule has 0 saturated carbocycles. The van der Waals surface area contributed by atoms with E-state index >= 15 is 0 Å². The zero-order valence-corrected chi connectivity index (χ0v) is 16.2. The fourth-order valence-electron chi connectivity index (χ4n) is 3.59. The molecule has 2 aromatic carbocycles. The van der Waals surface area contributed by atoms with Gasteiger partial charge in [-0.15, -0.1) is 0 Å². The van der Waals surface area contributed by atoms with Crippen molar-refractivity contribution in [3.63, 3.8) is 0 Å². The summed E-state index contributed by atoms with van der Waals surface area (Å²) in [5.41, 5.74) is 2.16. The second-order valence-electron chi connectivity index (χ2n) is 6.93. The van der Waals surface area contributed by atoms with Crippen molar-refractivity contribution < 1.29 is 9.84 Å². The minimum Gasteiger partial charge on any atom is -0.504 e. The fourth-order valence-corrected chi connectivity index (χ4v) is 3.59. The standard InChI is InChI=1S/C22H29N3O2/c1-3-23-22(24-15-19-10-7-11-20(27-2)21(19)26)25-13-12-18(16-25)14-17-8-5-4-6-9-17/h4-11,18,26H,3,12-16H2,1-2H3,(H,23,24). The average molecular weight is 367 g/mol. The first-order chi connectivity index (χ1) is 13.2. The third kappa shape index (κ3) is 4.94. The van der Waals surface area contributed by atoms with E-state index in [0.29, 0.717) is 18.2 Å². The summed E-state index contributed by atoms with van der Waals surface area (Å²) in [7, 11) is 1.56. The highest BCUT2D eigenvalue weighted by atomic mass is 16.5. The van der Waals surface area contributed by atoms with Crippen LogP contribution in [0, 0.1) is 5.92 Å². The van der Waals surface area contributed by atoms with Crippen molar-refractivity contribution in [2.75, 3.05) is 26.7 Å². The summed E-state index contributed by atoms with van der Waals surface area (Å²) in [6.07, 6.45) is 2.27. The molecule has 1 saturated heterocycles. The number of hydrogen-bond acceptors (Lipinski definition) is 3. The van der Waals surface area contributed by atoms with E-state index in [1.54, 1.807) is 13.2 Å². The van der Waals surface area contributed by atoms with Crippen LogP contribution in [0.3, 0.4) is 0 Å². The quantitative estimate of drug-likeness (QED) is 0.607. The molecule has 0 aliphatic carbocycles. The Bertz CT molecular complexity index is 761. The average Bonchev–Trinajstić information content (AvgIpc) is 3.15. The number of ether oxygens (including phenoxy) is 1. The summed E-state index contributed by atoms with van der Waals surface area (Å²) in [4.78, 5) is 7.09. The third-order valence-corrected chi connectivity index (χ3v) is 4.99. The van der Waals surface area contributed by atoms with Gasteiger partial charge in [0, 0.05) is 25.2 Å². The Morgan fingerprint density at radius 2 is 2.04 bits per heavy atom. The van der Waals surface area contributed by atoms with Crippen molar-refractivity contribution in [1.29, 1.82) is 0 Å². The maximum absolute atomic E-state index is 10.3. The number of hydrogen-bond donors (Lipinski definition) is 2. The first-order valence-corrected chi connectivity index (χ1v) is 9.63. The molecule has 1 aliphatic rings. The van der Waals surface area contributed by atoms with Gasteiger partial charge in [-0.25, -0.2) is 4.99 Å². The number of para-hydroxylation sites is 1. The number of phenolic OH excluding ortho intramolecular Hbond substituents is 1. The molecule has 3 rings (SSSR count). The van der Waals surface area contributed by atoms with Gasteiger partial charge < -0.3 is 20.1 Å². The minimum absolute atomic E-state index is 0.169. The molecule has 0 amide bonds. The monoisotopic (exact) mass is 367 g/mol. The summed E-state index contributed by atoms with van der Waals surface area (Å²) >= 11 is 0. The van der Waals surface area contributed by atoms with Gasteiger partial charge in [-0.1, -0.05) is 42.5 Å². The van der Waals surface area contributed by atoms with Gasteiger partial charge in [0.2, 0.25) is 0 Å². The van der Waals surface area contributed by atoms with Gasteiger partial charge in [-0.05, 0) is 37.3 Å². The van der Waals surface area contributed by atoms with Gasteiger partial charge in [-0.2, -0.15) is 0 Å². The molecule has 5 nitrogen and oxygen atoms in total. The van der Waals surface area contributed by atoms with E-state index < -0.39 is 0 Å². The summed E-state index contributed by atoms with van der Waals surface area (Å²) in [5.74, 6) is 2.21. The number of nitrogens with one attached hydrogen (secondary N) is 1. The third-order valence-electron chi connectivity index (χ3n) is 4.99. The largest absolute Gasteiger partial charge is 0.504 e. The van der Waals surface area contributed by atoms with Crippen LogP contribution >= 0.6 is 0 Å². The number of phenols is 1.